The number of carboxylic acids is 1. The summed E-state index contributed by atoms with van der Waals surface area (Å²) in [4.78, 5) is 25.6. The number of β-amino-alcohol motifs (C(OH)–C–C–N with tert-alkyl or cyclic N) is 1. The predicted octanol–water partition coefficient (Wildman–Crippen LogP) is 2.89. The highest BCUT2D eigenvalue weighted by atomic mass is 35.5. The number of ether oxygens (including phenoxy) is 1. The van der Waals surface area contributed by atoms with Crippen molar-refractivity contribution in [3.05, 3.63) is 52.8 Å². The summed E-state index contributed by atoms with van der Waals surface area (Å²) in [5.74, 6) is 0.284. The Kier molecular flexibility index (Phi) is 10.1. The van der Waals surface area contributed by atoms with Crippen LogP contribution in [0, 0.1) is 6.92 Å². The van der Waals surface area contributed by atoms with Crippen molar-refractivity contribution in [3.63, 3.8) is 0 Å². The smallest absolute Gasteiger partial charge is 0.332 e. The van der Waals surface area contributed by atoms with Gasteiger partial charge < -0.3 is 35.8 Å². The fraction of sp³-hybridized carbons (Fsp3) is 0.407. The first-order valence-corrected chi connectivity index (χ1v) is 12.9. The fourth-order valence-electron chi connectivity index (χ4n) is 3.77. The molecule has 0 spiro atoms. The summed E-state index contributed by atoms with van der Waals surface area (Å²) in [7, 11) is 0. The van der Waals surface area contributed by atoms with Crippen molar-refractivity contribution in [2.24, 2.45) is 0 Å². The monoisotopic (exact) mass is 575 g/mol. The quantitative estimate of drug-likeness (QED) is 0.222. The number of rotatable bonds is 9. The van der Waals surface area contributed by atoms with Crippen LogP contribution in [0.4, 0.5) is 5.69 Å². The van der Waals surface area contributed by atoms with Crippen LogP contribution in [-0.2, 0) is 16.1 Å². The Morgan fingerprint density at radius 3 is 2.52 bits per heavy atom. The maximum Gasteiger partial charge on any atom is 0.332 e. The topological polar surface area (TPSA) is 179 Å². The Bertz CT molecular complexity index is 1340. The first-order chi connectivity index (χ1) is 18.8. The zero-order chi connectivity index (χ0) is 29.6. The molecule has 0 aliphatic carbocycles. The molecule has 4 rings (SSSR count). The van der Waals surface area contributed by atoms with Crippen LogP contribution in [0.15, 0.2) is 36.4 Å². The summed E-state index contributed by atoms with van der Waals surface area (Å²) < 4.78 is 7.37. The van der Waals surface area contributed by atoms with E-state index >= 15 is 0 Å². The Labute approximate surface area is 236 Å². The number of nitrogens with zero attached hydrogens (tertiary/aromatic N) is 3. The number of aromatic nitrogens is 3. The molecule has 3 aromatic rings. The van der Waals surface area contributed by atoms with Crippen molar-refractivity contribution < 1.29 is 34.8 Å². The standard InChI is InChI=1S/C24H28ClN5O4.C3H6O3/c1-14-27-23(15-4-6-16(25)7-5-15)29-30(14)9-8-24(2,3)26-12-20(32)18-10-17(31)11-19-22(18)34-13-21(33)28-19;1-2(4)3(5)6/h4-7,10-11,20,26,31-32H,8-9,12-13H2,1-3H3,(H,28,33);2,4H,1H3,(H,5,6)/t20-;2-/m00/s1. The van der Waals surface area contributed by atoms with Crippen LogP contribution in [0.2, 0.25) is 5.02 Å². The maximum absolute atomic E-state index is 11.6. The van der Waals surface area contributed by atoms with Crippen LogP contribution in [0.3, 0.4) is 0 Å². The molecule has 0 bridgehead atoms. The molecule has 0 unspecified atom stereocenters. The molecule has 216 valence electrons. The van der Waals surface area contributed by atoms with Gasteiger partial charge in [0.2, 0.25) is 0 Å². The van der Waals surface area contributed by atoms with E-state index in [-0.39, 0.29) is 30.3 Å². The van der Waals surface area contributed by atoms with Crippen molar-refractivity contribution in [2.45, 2.75) is 58.4 Å². The molecule has 0 saturated heterocycles. The highest BCUT2D eigenvalue weighted by Crippen LogP contribution is 2.38. The number of aromatic hydroxyl groups is 1. The van der Waals surface area contributed by atoms with Crippen molar-refractivity contribution in [2.75, 3.05) is 18.5 Å². The third-order valence-electron chi connectivity index (χ3n) is 6.12. The number of carboxylic acid groups (broad SMARTS) is 1. The van der Waals surface area contributed by atoms with Crippen LogP contribution >= 0.6 is 11.6 Å². The molecule has 1 aromatic heterocycles. The average Bonchev–Trinajstić information content (AvgIpc) is 3.26. The zero-order valence-electron chi connectivity index (χ0n) is 22.7. The van der Waals surface area contributed by atoms with Crippen molar-refractivity contribution in [3.8, 4) is 22.9 Å². The molecule has 2 aromatic carbocycles. The van der Waals surface area contributed by atoms with Gasteiger partial charge in [-0.05, 0) is 64.4 Å². The molecule has 0 saturated carbocycles. The molecule has 2 heterocycles. The lowest BCUT2D eigenvalue weighted by molar-refractivity contribution is -0.145. The first kappa shape index (κ1) is 30.8. The van der Waals surface area contributed by atoms with E-state index in [4.69, 9.17) is 26.6 Å². The number of nitrogens with one attached hydrogen (secondary N) is 2. The number of aliphatic carboxylic acids is 1. The highest BCUT2D eigenvalue weighted by Gasteiger charge is 2.26. The molecule has 6 N–H and O–H groups in total. The lowest BCUT2D eigenvalue weighted by Crippen LogP contribution is -2.42. The summed E-state index contributed by atoms with van der Waals surface area (Å²) in [6.45, 7) is 7.93. The predicted molar refractivity (Wildman–Crippen MR) is 148 cm³/mol. The Balaban J connectivity index is 0.000000663. The van der Waals surface area contributed by atoms with E-state index in [0.717, 1.165) is 17.8 Å². The number of aliphatic hydroxyl groups is 2. The summed E-state index contributed by atoms with van der Waals surface area (Å²) >= 11 is 5.97. The lowest BCUT2D eigenvalue weighted by Gasteiger charge is -2.29. The zero-order valence-corrected chi connectivity index (χ0v) is 23.4. The van der Waals surface area contributed by atoms with Gasteiger partial charge in [-0.25, -0.2) is 14.5 Å². The van der Waals surface area contributed by atoms with E-state index in [1.54, 1.807) is 0 Å². The average molecular weight is 576 g/mol. The molecule has 2 atom stereocenters. The molecule has 13 heteroatoms. The number of anilines is 1. The number of phenolic OH excluding ortho intramolecular Hbond substituents is 1. The lowest BCUT2D eigenvalue weighted by atomic mass is 9.99. The van der Waals surface area contributed by atoms with Gasteiger partial charge >= 0.3 is 5.97 Å². The number of halogens is 1. The van der Waals surface area contributed by atoms with Gasteiger partial charge in [-0.3, -0.25) is 4.79 Å². The van der Waals surface area contributed by atoms with Gasteiger partial charge in [0, 0.05) is 40.8 Å². The Morgan fingerprint density at radius 2 is 1.90 bits per heavy atom. The summed E-state index contributed by atoms with van der Waals surface area (Å²) in [6, 6.07) is 10.3. The van der Waals surface area contributed by atoms with Gasteiger partial charge in [0.25, 0.3) is 5.91 Å². The van der Waals surface area contributed by atoms with Gasteiger partial charge in [-0.15, -0.1) is 0 Å². The van der Waals surface area contributed by atoms with E-state index in [9.17, 15) is 19.8 Å². The number of amides is 1. The molecule has 1 aliphatic heterocycles. The molecule has 12 nitrogen and oxygen atoms in total. The number of phenols is 1. The number of benzene rings is 2. The largest absolute Gasteiger partial charge is 0.508 e. The minimum Gasteiger partial charge on any atom is -0.508 e. The number of aryl methyl sites for hydroxylation is 2. The van der Waals surface area contributed by atoms with Crippen molar-refractivity contribution in [1.82, 2.24) is 20.1 Å². The van der Waals surface area contributed by atoms with Crippen LogP contribution in [-0.4, -0.2) is 71.9 Å². The van der Waals surface area contributed by atoms with Gasteiger partial charge in [-0.2, -0.15) is 5.10 Å². The number of hydrogen-bond acceptors (Lipinski definition) is 9. The minimum atomic E-state index is -1.23. The SMILES string of the molecule is C[C@H](O)C(=O)O.Cc1nc(-c2ccc(Cl)cc2)nn1CCC(C)(C)NC[C@H](O)c1cc(O)cc2c1OCC(=O)N2. The number of carbonyl (C=O) groups is 2. The number of carbonyl (C=O) groups excluding carboxylic acids is 1. The summed E-state index contributed by atoms with van der Waals surface area (Å²) in [5, 5.41) is 47.9. The number of fused-ring (bicyclic) bond motifs is 1. The minimum absolute atomic E-state index is 0.0593. The van der Waals surface area contributed by atoms with E-state index in [2.05, 4.69) is 20.7 Å². The van der Waals surface area contributed by atoms with Gasteiger partial charge in [-0.1, -0.05) is 11.6 Å². The fourth-order valence-corrected chi connectivity index (χ4v) is 3.90. The summed E-state index contributed by atoms with van der Waals surface area (Å²) in [5.41, 5.74) is 1.34. The van der Waals surface area contributed by atoms with Crippen molar-refractivity contribution >= 4 is 29.2 Å². The molecule has 0 fully saturated rings. The third kappa shape index (κ3) is 8.39. The van der Waals surface area contributed by atoms with Crippen LogP contribution in [0.1, 0.15) is 44.7 Å². The second kappa shape index (κ2) is 13.1. The molecule has 1 amide bonds. The van der Waals surface area contributed by atoms with Crippen molar-refractivity contribution in [1.29, 1.82) is 0 Å². The number of hydrogen-bond donors (Lipinski definition) is 6. The number of aliphatic hydroxyl groups excluding tert-OH is 2. The molecular weight excluding hydrogens is 542 g/mol. The van der Waals surface area contributed by atoms with Crippen LogP contribution < -0.4 is 15.4 Å². The molecular formula is C27H34ClN5O7. The first-order valence-electron chi connectivity index (χ1n) is 12.6. The molecule has 40 heavy (non-hydrogen) atoms. The van der Waals surface area contributed by atoms with Crippen LogP contribution in [0.5, 0.6) is 11.5 Å². The van der Waals surface area contributed by atoms with E-state index in [1.165, 1.54) is 19.1 Å². The third-order valence-corrected chi connectivity index (χ3v) is 6.37. The van der Waals surface area contributed by atoms with E-state index in [1.807, 2.05) is 49.7 Å². The molecule has 1 aliphatic rings. The Morgan fingerprint density at radius 1 is 1.25 bits per heavy atom. The second-order valence-electron chi connectivity index (χ2n) is 10.0. The van der Waals surface area contributed by atoms with Gasteiger partial charge in [0.1, 0.15) is 23.4 Å². The van der Waals surface area contributed by atoms with E-state index < -0.39 is 18.2 Å². The maximum atomic E-state index is 11.6. The van der Waals surface area contributed by atoms with Gasteiger partial charge in [0.15, 0.2) is 12.4 Å². The van der Waals surface area contributed by atoms with Gasteiger partial charge in [0.05, 0.1) is 11.8 Å². The highest BCUT2D eigenvalue weighted by molar-refractivity contribution is 6.30. The normalized spacial score (nSPS) is 14.2. The van der Waals surface area contributed by atoms with E-state index in [0.29, 0.717) is 34.4 Å². The van der Waals surface area contributed by atoms with Crippen LogP contribution in [0.25, 0.3) is 11.4 Å². The second-order valence-corrected chi connectivity index (χ2v) is 10.4. The Hall–Kier alpha value is -3.71. The molecule has 0 radical (unpaired) electrons. The summed E-state index contributed by atoms with van der Waals surface area (Å²) in [6.07, 6.45) is -1.45.